The van der Waals surface area contributed by atoms with E-state index in [4.69, 9.17) is 0 Å². The summed E-state index contributed by atoms with van der Waals surface area (Å²) in [5.41, 5.74) is 2.13. The Labute approximate surface area is 145 Å². The molecule has 0 radical (unpaired) electrons. The summed E-state index contributed by atoms with van der Waals surface area (Å²) in [6.07, 6.45) is 0. The Balaban J connectivity index is 2.22. The molecule has 3 amide bonds. The van der Waals surface area contributed by atoms with Crippen LogP contribution in [-0.2, 0) is 11.3 Å². The lowest BCUT2D eigenvalue weighted by atomic mass is 10.1. The number of urea groups is 1. The van der Waals surface area contributed by atoms with Gasteiger partial charge in [0.25, 0.3) is 0 Å². The first kappa shape index (κ1) is 18.0. The quantitative estimate of drug-likeness (QED) is 0.810. The van der Waals surface area contributed by atoms with Gasteiger partial charge in [0, 0.05) is 19.2 Å². The Morgan fingerprint density at radius 2 is 2.00 bits per heavy atom. The molecule has 0 fully saturated rings. The smallest absolute Gasteiger partial charge is 0.321 e. The monoisotopic (exact) mass is 347 g/mol. The molecule has 128 valence electrons. The number of hydrogen-bond donors (Lipinski definition) is 2. The zero-order chi connectivity index (χ0) is 17.7. The van der Waals surface area contributed by atoms with Crippen molar-refractivity contribution in [1.29, 1.82) is 0 Å². The van der Waals surface area contributed by atoms with Gasteiger partial charge in [-0.2, -0.15) is 0 Å². The molecule has 2 aromatic rings. The molecule has 1 heterocycles. The summed E-state index contributed by atoms with van der Waals surface area (Å²) in [6.45, 7) is 6.44. The summed E-state index contributed by atoms with van der Waals surface area (Å²) in [5, 5.41) is 13.3. The van der Waals surface area contributed by atoms with Crippen molar-refractivity contribution in [2.24, 2.45) is 0 Å². The van der Waals surface area contributed by atoms with E-state index >= 15 is 0 Å². The highest BCUT2D eigenvalue weighted by atomic mass is 32.2. The Kier molecular flexibility index (Phi) is 5.97. The summed E-state index contributed by atoms with van der Waals surface area (Å²) in [4.78, 5) is 23.2. The van der Waals surface area contributed by atoms with Crippen LogP contribution in [0.5, 0.6) is 0 Å². The largest absolute Gasteiger partial charge is 0.341 e. The Morgan fingerprint density at radius 1 is 1.29 bits per heavy atom. The van der Waals surface area contributed by atoms with Gasteiger partial charge in [-0.25, -0.2) is 4.79 Å². The van der Waals surface area contributed by atoms with Crippen LogP contribution < -0.4 is 10.6 Å². The maximum Gasteiger partial charge on any atom is 0.321 e. The second kappa shape index (κ2) is 7.96. The molecule has 0 spiro atoms. The minimum absolute atomic E-state index is 0.373. The third kappa shape index (κ3) is 3.94. The van der Waals surface area contributed by atoms with Crippen LogP contribution in [0.4, 0.5) is 4.79 Å². The van der Waals surface area contributed by atoms with Crippen molar-refractivity contribution in [2.75, 3.05) is 7.05 Å². The average Bonchev–Trinajstić information content (AvgIpc) is 2.97. The molecule has 1 aromatic carbocycles. The van der Waals surface area contributed by atoms with Gasteiger partial charge in [-0.3, -0.25) is 10.1 Å². The standard InChI is InChI=1S/C16H21N5O2S/c1-5-21-13(12-9-7-6-8-10(12)2)19-20-16(21)24-11(3)14(22)18-15(23)17-4/h6-9,11H,5H2,1-4H3,(H2,17,18,22,23)/t11-/m1/s1. The Bertz CT molecular complexity index is 744. The summed E-state index contributed by atoms with van der Waals surface area (Å²) in [5.74, 6) is 0.402. The molecule has 0 bridgehead atoms. The molecule has 0 saturated heterocycles. The van der Waals surface area contributed by atoms with Gasteiger partial charge in [-0.05, 0) is 26.3 Å². The van der Waals surface area contributed by atoms with E-state index in [9.17, 15) is 9.59 Å². The van der Waals surface area contributed by atoms with Gasteiger partial charge in [0.05, 0.1) is 5.25 Å². The molecule has 7 nitrogen and oxygen atoms in total. The van der Waals surface area contributed by atoms with E-state index in [1.807, 2.05) is 42.7 Å². The molecular weight excluding hydrogens is 326 g/mol. The SMILES string of the molecule is CCn1c(S[C@H](C)C(=O)NC(=O)NC)nnc1-c1ccccc1C. The summed E-state index contributed by atoms with van der Waals surface area (Å²) >= 11 is 1.27. The average molecular weight is 347 g/mol. The van der Waals surface area contributed by atoms with Crippen molar-refractivity contribution in [3.8, 4) is 11.4 Å². The van der Waals surface area contributed by atoms with Crippen LogP contribution in [0.2, 0.25) is 0 Å². The molecule has 0 aliphatic rings. The van der Waals surface area contributed by atoms with Crippen LogP contribution in [-0.4, -0.2) is 39.0 Å². The van der Waals surface area contributed by atoms with E-state index in [1.165, 1.54) is 18.8 Å². The summed E-state index contributed by atoms with van der Waals surface area (Å²) in [6, 6.07) is 7.44. The van der Waals surface area contributed by atoms with Crippen LogP contribution in [0.3, 0.4) is 0 Å². The van der Waals surface area contributed by atoms with Crippen molar-refractivity contribution in [2.45, 2.75) is 37.7 Å². The second-order valence-electron chi connectivity index (χ2n) is 5.19. The first-order valence-electron chi connectivity index (χ1n) is 7.66. The van der Waals surface area contributed by atoms with Gasteiger partial charge in [0.2, 0.25) is 5.91 Å². The fourth-order valence-electron chi connectivity index (χ4n) is 2.17. The van der Waals surface area contributed by atoms with Gasteiger partial charge in [0.15, 0.2) is 11.0 Å². The fraction of sp³-hybridized carbons (Fsp3) is 0.375. The number of rotatable bonds is 5. The highest BCUT2D eigenvalue weighted by Gasteiger charge is 2.21. The Morgan fingerprint density at radius 3 is 2.62 bits per heavy atom. The highest BCUT2D eigenvalue weighted by molar-refractivity contribution is 8.00. The summed E-state index contributed by atoms with van der Waals surface area (Å²) < 4.78 is 1.97. The van der Waals surface area contributed by atoms with Crippen molar-refractivity contribution < 1.29 is 9.59 Å². The van der Waals surface area contributed by atoms with E-state index in [1.54, 1.807) is 6.92 Å². The molecule has 1 atom stereocenters. The third-order valence-electron chi connectivity index (χ3n) is 3.53. The molecule has 0 aliphatic heterocycles. The van der Waals surface area contributed by atoms with E-state index in [2.05, 4.69) is 20.8 Å². The van der Waals surface area contributed by atoms with Gasteiger partial charge >= 0.3 is 6.03 Å². The Hall–Kier alpha value is -2.35. The van der Waals surface area contributed by atoms with Crippen LogP contribution >= 0.6 is 11.8 Å². The maximum absolute atomic E-state index is 12.0. The number of thioether (sulfide) groups is 1. The first-order chi connectivity index (χ1) is 11.5. The van der Waals surface area contributed by atoms with Gasteiger partial charge in [0.1, 0.15) is 0 Å². The third-order valence-corrected chi connectivity index (χ3v) is 4.61. The number of hydrogen-bond acceptors (Lipinski definition) is 5. The van der Waals surface area contributed by atoms with E-state index in [0.29, 0.717) is 11.7 Å². The van der Waals surface area contributed by atoms with E-state index < -0.39 is 11.3 Å². The molecule has 24 heavy (non-hydrogen) atoms. The zero-order valence-corrected chi connectivity index (χ0v) is 15.0. The van der Waals surface area contributed by atoms with Crippen molar-refractivity contribution in [3.63, 3.8) is 0 Å². The van der Waals surface area contributed by atoms with E-state index in [-0.39, 0.29) is 5.91 Å². The number of benzene rings is 1. The number of carbonyl (C=O) groups excluding carboxylic acids is 2. The minimum atomic E-state index is -0.523. The number of nitrogens with one attached hydrogen (secondary N) is 2. The van der Waals surface area contributed by atoms with Crippen molar-refractivity contribution in [3.05, 3.63) is 29.8 Å². The van der Waals surface area contributed by atoms with Gasteiger partial charge < -0.3 is 9.88 Å². The van der Waals surface area contributed by atoms with Crippen molar-refractivity contribution >= 4 is 23.7 Å². The second-order valence-corrected chi connectivity index (χ2v) is 6.50. The number of carbonyl (C=O) groups is 2. The maximum atomic E-state index is 12.0. The zero-order valence-electron chi connectivity index (χ0n) is 14.2. The van der Waals surface area contributed by atoms with Gasteiger partial charge in [-0.1, -0.05) is 36.0 Å². The van der Waals surface area contributed by atoms with Crippen LogP contribution in [0.25, 0.3) is 11.4 Å². The van der Waals surface area contributed by atoms with Crippen molar-refractivity contribution in [1.82, 2.24) is 25.4 Å². The number of aryl methyl sites for hydroxylation is 1. The van der Waals surface area contributed by atoms with Crippen LogP contribution in [0.1, 0.15) is 19.4 Å². The number of amides is 3. The number of aromatic nitrogens is 3. The first-order valence-corrected chi connectivity index (χ1v) is 8.54. The van der Waals surface area contributed by atoms with E-state index in [0.717, 1.165) is 17.0 Å². The molecule has 0 unspecified atom stereocenters. The molecule has 1 aromatic heterocycles. The predicted octanol–water partition coefficient (Wildman–Crippen LogP) is 2.21. The lowest BCUT2D eigenvalue weighted by molar-refractivity contribution is -0.119. The molecule has 2 rings (SSSR count). The lowest BCUT2D eigenvalue weighted by Gasteiger charge is -2.12. The molecule has 0 saturated carbocycles. The highest BCUT2D eigenvalue weighted by Crippen LogP contribution is 2.28. The molecule has 8 heteroatoms. The van der Waals surface area contributed by atoms with Gasteiger partial charge in [-0.15, -0.1) is 10.2 Å². The number of nitrogens with zero attached hydrogens (tertiary/aromatic N) is 3. The van der Waals surface area contributed by atoms with Crippen LogP contribution in [0.15, 0.2) is 29.4 Å². The molecular formula is C16H21N5O2S. The summed E-state index contributed by atoms with van der Waals surface area (Å²) in [7, 11) is 1.46. The van der Waals surface area contributed by atoms with Crippen LogP contribution in [0, 0.1) is 6.92 Å². The lowest BCUT2D eigenvalue weighted by Crippen LogP contribution is -2.41. The fourth-order valence-corrected chi connectivity index (χ4v) is 3.08. The molecule has 0 aliphatic carbocycles. The normalized spacial score (nSPS) is 11.8. The topological polar surface area (TPSA) is 88.9 Å². The minimum Gasteiger partial charge on any atom is -0.341 e. The predicted molar refractivity (Wildman–Crippen MR) is 93.8 cm³/mol. The molecule has 2 N–H and O–H groups in total. The number of imide groups is 1.